The summed E-state index contributed by atoms with van der Waals surface area (Å²) in [6.45, 7) is 11.6. The van der Waals surface area contributed by atoms with Gasteiger partial charge >= 0.3 is 0 Å². The van der Waals surface area contributed by atoms with E-state index in [0.29, 0.717) is 17.2 Å². The topological polar surface area (TPSA) is 17.1 Å². The van der Waals surface area contributed by atoms with Crippen LogP contribution in [0.3, 0.4) is 0 Å². The van der Waals surface area contributed by atoms with Crippen molar-refractivity contribution in [3.05, 3.63) is 28.8 Å². The molecule has 1 aromatic carbocycles. The van der Waals surface area contributed by atoms with Crippen LogP contribution < -0.4 is 5.19 Å². The molecule has 0 aliphatic carbocycles. The molecule has 124 valence electrons. The van der Waals surface area contributed by atoms with Crippen LogP contribution in [0.25, 0.3) is 0 Å². The standard InChI is InChI=1S/C18H28F2OSi/c1-7-9-10-13(8-2)18(21)15-12(3)11-14(22(4,5)6)16(19)17(15)20/h11,13H,7-10H2,1-6H3/t13-/m0/s1. The zero-order chi connectivity index (χ0) is 17.1. The van der Waals surface area contributed by atoms with E-state index in [2.05, 4.69) is 6.92 Å². The van der Waals surface area contributed by atoms with Gasteiger partial charge in [0.1, 0.15) is 0 Å². The molecule has 0 saturated carbocycles. The molecule has 0 unspecified atom stereocenters. The smallest absolute Gasteiger partial charge is 0.169 e. The Hall–Kier alpha value is -1.03. The third kappa shape index (κ3) is 4.03. The van der Waals surface area contributed by atoms with E-state index >= 15 is 0 Å². The molecule has 4 heteroatoms. The van der Waals surface area contributed by atoms with Crippen LogP contribution in [0.1, 0.15) is 55.5 Å². The Morgan fingerprint density at radius 1 is 1.18 bits per heavy atom. The molecule has 0 spiro atoms. The number of Topliss-reactive ketones (excluding diaryl/α,β-unsaturated/α-hetero) is 1. The van der Waals surface area contributed by atoms with Gasteiger partial charge in [-0.3, -0.25) is 4.79 Å². The van der Waals surface area contributed by atoms with Crippen LogP contribution in [-0.2, 0) is 0 Å². The van der Waals surface area contributed by atoms with Crippen molar-refractivity contribution < 1.29 is 13.6 Å². The van der Waals surface area contributed by atoms with E-state index < -0.39 is 19.7 Å². The highest BCUT2D eigenvalue weighted by atomic mass is 28.3. The zero-order valence-electron chi connectivity index (χ0n) is 14.6. The molecule has 1 rings (SSSR count). The lowest BCUT2D eigenvalue weighted by Gasteiger charge is -2.22. The minimum Gasteiger partial charge on any atom is -0.294 e. The van der Waals surface area contributed by atoms with Crippen LogP contribution in [0.2, 0.25) is 19.6 Å². The lowest BCUT2D eigenvalue weighted by molar-refractivity contribution is 0.0902. The van der Waals surface area contributed by atoms with Crippen molar-refractivity contribution in [3.63, 3.8) is 0 Å². The highest BCUT2D eigenvalue weighted by molar-refractivity contribution is 6.88. The monoisotopic (exact) mass is 326 g/mol. The predicted molar refractivity (Wildman–Crippen MR) is 91.7 cm³/mol. The van der Waals surface area contributed by atoms with Gasteiger partial charge in [-0.1, -0.05) is 52.4 Å². The highest BCUT2D eigenvalue weighted by Crippen LogP contribution is 2.25. The SMILES string of the molecule is CCCC[C@H](CC)C(=O)c1c(C)cc([Si](C)(C)C)c(F)c1F. The Morgan fingerprint density at radius 2 is 1.77 bits per heavy atom. The van der Waals surface area contributed by atoms with Crippen LogP contribution in [0.15, 0.2) is 6.07 Å². The Balaban J connectivity index is 3.31. The van der Waals surface area contributed by atoms with Gasteiger partial charge in [0.05, 0.1) is 13.6 Å². The minimum absolute atomic E-state index is 0.0394. The second kappa shape index (κ2) is 7.49. The van der Waals surface area contributed by atoms with Gasteiger partial charge in [-0.05, 0) is 30.5 Å². The summed E-state index contributed by atoms with van der Waals surface area (Å²) < 4.78 is 29.0. The third-order valence-electron chi connectivity index (χ3n) is 4.23. The van der Waals surface area contributed by atoms with Gasteiger partial charge in [0.2, 0.25) is 0 Å². The van der Waals surface area contributed by atoms with E-state index in [9.17, 15) is 13.6 Å². The molecule has 1 aromatic rings. The van der Waals surface area contributed by atoms with Crippen LogP contribution in [0, 0.1) is 24.5 Å². The predicted octanol–water partition coefficient (Wildman–Crippen LogP) is 5.22. The van der Waals surface area contributed by atoms with Gasteiger partial charge in [0.15, 0.2) is 17.4 Å². The fourth-order valence-corrected chi connectivity index (χ4v) is 4.19. The summed E-state index contributed by atoms with van der Waals surface area (Å²) in [6.07, 6.45) is 3.33. The first kappa shape index (κ1) is 19.0. The second-order valence-corrected chi connectivity index (χ2v) is 12.1. The minimum atomic E-state index is -1.98. The molecule has 0 aliphatic rings. The quantitative estimate of drug-likeness (QED) is 0.496. The van der Waals surface area contributed by atoms with Crippen LogP contribution >= 0.6 is 0 Å². The first-order valence-corrected chi connectivity index (χ1v) is 11.7. The molecule has 0 aromatic heterocycles. The largest absolute Gasteiger partial charge is 0.294 e. The van der Waals surface area contributed by atoms with Crippen molar-refractivity contribution in [1.82, 2.24) is 0 Å². The lowest BCUT2D eigenvalue weighted by Crippen LogP contribution is -2.41. The Kier molecular flexibility index (Phi) is 6.47. The molecule has 0 aliphatic heterocycles. The average molecular weight is 327 g/mol. The van der Waals surface area contributed by atoms with Crippen LogP contribution in [0.4, 0.5) is 8.78 Å². The maximum Gasteiger partial charge on any atom is 0.169 e. The normalized spacial score (nSPS) is 13.3. The number of ketones is 1. The van der Waals surface area contributed by atoms with Crippen LogP contribution in [0.5, 0.6) is 0 Å². The maximum absolute atomic E-state index is 14.5. The van der Waals surface area contributed by atoms with Crippen molar-refractivity contribution in [1.29, 1.82) is 0 Å². The number of carbonyl (C=O) groups excluding carboxylic acids is 1. The van der Waals surface area contributed by atoms with E-state index in [0.717, 1.165) is 19.3 Å². The fourth-order valence-electron chi connectivity index (χ4n) is 2.78. The Labute approximate surface area is 134 Å². The third-order valence-corrected chi connectivity index (χ3v) is 6.21. The van der Waals surface area contributed by atoms with Gasteiger partial charge in [0.25, 0.3) is 0 Å². The van der Waals surface area contributed by atoms with Crippen molar-refractivity contribution in [2.45, 2.75) is 66.1 Å². The summed E-state index contributed by atoms with van der Waals surface area (Å²) >= 11 is 0. The maximum atomic E-state index is 14.5. The molecule has 0 N–H and O–H groups in total. The second-order valence-electron chi connectivity index (χ2n) is 7.11. The average Bonchev–Trinajstić information content (AvgIpc) is 2.42. The molecule has 1 nitrogen and oxygen atoms in total. The molecule has 0 amide bonds. The summed E-state index contributed by atoms with van der Waals surface area (Å²) in [5.41, 5.74) is 0.527. The number of aryl methyl sites for hydroxylation is 1. The molecular weight excluding hydrogens is 298 g/mol. The molecule has 0 radical (unpaired) electrons. The van der Waals surface area contributed by atoms with Crippen LogP contribution in [-0.4, -0.2) is 13.9 Å². The van der Waals surface area contributed by atoms with Crippen molar-refractivity contribution in [2.75, 3.05) is 0 Å². The fraction of sp³-hybridized carbons (Fsp3) is 0.611. The number of carbonyl (C=O) groups is 1. The van der Waals surface area contributed by atoms with Gasteiger partial charge in [-0.25, -0.2) is 8.78 Å². The molecule has 0 fully saturated rings. The number of benzene rings is 1. The van der Waals surface area contributed by atoms with E-state index in [1.807, 2.05) is 26.6 Å². The van der Waals surface area contributed by atoms with Gasteiger partial charge < -0.3 is 0 Å². The first-order valence-electron chi connectivity index (χ1n) is 8.18. The summed E-state index contributed by atoms with van der Waals surface area (Å²) in [5, 5.41) is 0.459. The summed E-state index contributed by atoms with van der Waals surface area (Å²) in [6, 6.07) is 1.68. The molecule has 22 heavy (non-hydrogen) atoms. The van der Waals surface area contributed by atoms with E-state index in [-0.39, 0.29) is 17.3 Å². The molecule has 0 bridgehead atoms. The lowest BCUT2D eigenvalue weighted by atomic mass is 9.88. The van der Waals surface area contributed by atoms with Gasteiger partial charge in [-0.15, -0.1) is 0 Å². The number of rotatable bonds is 7. The van der Waals surface area contributed by atoms with E-state index in [4.69, 9.17) is 0 Å². The molecule has 1 atom stereocenters. The molecule has 0 saturated heterocycles. The number of unbranched alkanes of at least 4 members (excludes halogenated alkanes) is 1. The van der Waals surface area contributed by atoms with E-state index in [1.54, 1.807) is 13.0 Å². The van der Waals surface area contributed by atoms with Crippen molar-refractivity contribution in [3.8, 4) is 0 Å². The highest BCUT2D eigenvalue weighted by Gasteiger charge is 2.30. The zero-order valence-corrected chi connectivity index (χ0v) is 15.6. The first-order chi connectivity index (χ1) is 10.1. The number of hydrogen-bond acceptors (Lipinski definition) is 1. The molecular formula is C18H28F2OSi. The Bertz CT molecular complexity index is 547. The number of hydrogen-bond donors (Lipinski definition) is 0. The Morgan fingerprint density at radius 3 is 2.23 bits per heavy atom. The molecule has 0 heterocycles. The van der Waals surface area contributed by atoms with Gasteiger partial charge in [-0.2, -0.15) is 0 Å². The van der Waals surface area contributed by atoms with Gasteiger partial charge in [0, 0.05) is 5.92 Å². The summed E-state index contributed by atoms with van der Waals surface area (Å²) in [5.74, 6) is -2.23. The van der Waals surface area contributed by atoms with Crippen molar-refractivity contribution >= 4 is 19.0 Å². The number of halogens is 2. The summed E-state index contributed by atoms with van der Waals surface area (Å²) in [7, 11) is -1.98. The van der Waals surface area contributed by atoms with Crippen molar-refractivity contribution in [2.24, 2.45) is 5.92 Å². The van der Waals surface area contributed by atoms with E-state index in [1.165, 1.54) is 0 Å². The summed E-state index contributed by atoms with van der Waals surface area (Å²) in [4.78, 5) is 12.6.